The van der Waals surface area contributed by atoms with Gasteiger partial charge in [0.15, 0.2) is 0 Å². The average molecular weight is 299 g/mol. The Kier molecular flexibility index (Phi) is 7.19. The van der Waals surface area contributed by atoms with E-state index in [1.165, 1.54) is 0 Å². The van der Waals surface area contributed by atoms with Crippen molar-refractivity contribution in [3.05, 3.63) is 0 Å². The zero-order valence-electron chi connectivity index (χ0n) is 12.8. The maximum atomic E-state index is 12.1. The van der Waals surface area contributed by atoms with Crippen LogP contribution in [0.1, 0.15) is 52.4 Å². The second kappa shape index (κ2) is 8.64. The molecule has 0 aromatic rings. The Hall–Kier alpha value is -1.59. The number of carbonyl (C=O) groups excluding carboxylic acids is 2. The molecule has 0 bridgehead atoms. The highest BCUT2D eigenvalue weighted by atomic mass is 16.5. The molecule has 1 amide bonds. The summed E-state index contributed by atoms with van der Waals surface area (Å²) in [4.78, 5) is 34.9. The van der Waals surface area contributed by atoms with Gasteiger partial charge in [-0.2, -0.15) is 0 Å². The lowest BCUT2D eigenvalue weighted by Gasteiger charge is -2.25. The molecule has 0 saturated heterocycles. The number of hydrogen-bond acceptors (Lipinski definition) is 4. The summed E-state index contributed by atoms with van der Waals surface area (Å²) < 4.78 is 4.82. The predicted molar refractivity (Wildman–Crippen MR) is 76.6 cm³/mol. The third kappa shape index (κ3) is 5.73. The molecule has 0 heterocycles. The molecule has 0 aromatic heterocycles. The monoisotopic (exact) mass is 299 g/mol. The first kappa shape index (κ1) is 17.5. The molecule has 2 N–H and O–H groups in total. The average Bonchev–Trinajstić information content (AvgIpc) is 2.45. The van der Waals surface area contributed by atoms with Crippen molar-refractivity contribution in [2.45, 2.75) is 58.4 Å². The maximum absolute atomic E-state index is 12.1. The molecule has 1 rings (SSSR count). The molecule has 2 atom stereocenters. The minimum Gasteiger partial charge on any atom is -0.480 e. The van der Waals surface area contributed by atoms with E-state index in [-0.39, 0.29) is 24.9 Å². The molecular weight excluding hydrogens is 274 g/mol. The number of carboxylic acids is 1. The number of nitrogens with one attached hydrogen (secondary N) is 1. The smallest absolute Gasteiger partial charge is 0.326 e. The topological polar surface area (TPSA) is 92.7 Å². The number of carbonyl (C=O) groups is 3. The first-order valence-corrected chi connectivity index (χ1v) is 7.64. The van der Waals surface area contributed by atoms with Crippen molar-refractivity contribution in [1.82, 2.24) is 5.32 Å². The van der Waals surface area contributed by atoms with Crippen molar-refractivity contribution in [3.63, 3.8) is 0 Å². The van der Waals surface area contributed by atoms with Gasteiger partial charge in [-0.3, -0.25) is 9.59 Å². The molecule has 1 aliphatic rings. The van der Waals surface area contributed by atoms with Crippen LogP contribution in [0.15, 0.2) is 0 Å². The third-order valence-electron chi connectivity index (χ3n) is 3.90. The number of amides is 1. The highest BCUT2D eigenvalue weighted by Gasteiger charge is 2.31. The van der Waals surface area contributed by atoms with Crippen LogP contribution < -0.4 is 5.32 Å². The summed E-state index contributed by atoms with van der Waals surface area (Å²) in [5, 5.41) is 11.9. The van der Waals surface area contributed by atoms with Gasteiger partial charge >= 0.3 is 11.9 Å². The molecular formula is C15H25NO5. The van der Waals surface area contributed by atoms with Crippen molar-refractivity contribution < 1.29 is 24.2 Å². The summed E-state index contributed by atoms with van der Waals surface area (Å²) in [5.74, 6) is -2.37. The van der Waals surface area contributed by atoms with Gasteiger partial charge in [-0.1, -0.05) is 26.2 Å². The van der Waals surface area contributed by atoms with Crippen molar-refractivity contribution in [1.29, 1.82) is 0 Å². The summed E-state index contributed by atoms with van der Waals surface area (Å²) in [6.45, 7) is 3.59. The molecule has 0 aromatic carbocycles. The van der Waals surface area contributed by atoms with Crippen LogP contribution in [0, 0.1) is 11.8 Å². The fourth-order valence-corrected chi connectivity index (χ4v) is 2.68. The zero-order valence-corrected chi connectivity index (χ0v) is 12.8. The summed E-state index contributed by atoms with van der Waals surface area (Å²) in [7, 11) is 0. The summed E-state index contributed by atoms with van der Waals surface area (Å²) in [6, 6.07) is -1.05. The second-order valence-electron chi connectivity index (χ2n) is 5.65. The van der Waals surface area contributed by atoms with Crippen LogP contribution in [0.3, 0.4) is 0 Å². The number of carboxylic acid groups (broad SMARTS) is 1. The Morgan fingerprint density at radius 1 is 1.24 bits per heavy atom. The maximum Gasteiger partial charge on any atom is 0.326 e. The minimum absolute atomic E-state index is 0.0181. The number of esters is 1. The van der Waals surface area contributed by atoms with Gasteiger partial charge in [0.1, 0.15) is 6.04 Å². The molecule has 0 unspecified atom stereocenters. The molecule has 0 spiro atoms. The second-order valence-corrected chi connectivity index (χ2v) is 5.65. The quantitative estimate of drug-likeness (QED) is 0.698. The fourth-order valence-electron chi connectivity index (χ4n) is 2.68. The van der Waals surface area contributed by atoms with Gasteiger partial charge in [0.2, 0.25) is 5.91 Å². The van der Waals surface area contributed by atoms with Crippen molar-refractivity contribution in [2.75, 3.05) is 6.61 Å². The number of aliphatic carboxylic acids is 1. The third-order valence-corrected chi connectivity index (χ3v) is 3.90. The standard InChI is InChI=1S/C15H25NO5/c1-3-21-12(17)9-10(2)13(15(19)20)16-14(18)11-7-5-4-6-8-11/h10-11,13H,3-9H2,1-2H3,(H,16,18)(H,19,20)/t10-,13-/m0/s1. The Bertz CT molecular complexity index is 376. The van der Waals surface area contributed by atoms with Crippen LogP contribution in [-0.4, -0.2) is 35.6 Å². The fraction of sp³-hybridized carbons (Fsp3) is 0.800. The van der Waals surface area contributed by atoms with E-state index in [0.29, 0.717) is 0 Å². The number of rotatable bonds is 7. The van der Waals surface area contributed by atoms with Gasteiger partial charge in [-0.15, -0.1) is 0 Å². The van der Waals surface area contributed by atoms with Crippen LogP contribution in [0.2, 0.25) is 0 Å². The van der Waals surface area contributed by atoms with E-state index in [1.54, 1.807) is 13.8 Å². The van der Waals surface area contributed by atoms with Crippen LogP contribution >= 0.6 is 0 Å². The zero-order chi connectivity index (χ0) is 15.8. The van der Waals surface area contributed by atoms with Gasteiger partial charge in [0, 0.05) is 5.92 Å². The van der Waals surface area contributed by atoms with Gasteiger partial charge < -0.3 is 15.2 Å². The van der Waals surface area contributed by atoms with Gasteiger partial charge in [0.25, 0.3) is 0 Å². The molecule has 21 heavy (non-hydrogen) atoms. The predicted octanol–water partition coefficient (Wildman–Crippen LogP) is 1.73. The van der Waals surface area contributed by atoms with Gasteiger partial charge in [-0.05, 0) is 25.7 Å². The van der Waals surface area contributed by atoms with E-state index >= 15 is 0 Å². The first-order chi connectivity index (χ1) is 9.95. The molecule has 6 heteroatoms. The Morgan fingerprint density at radius 3 is 2.38 bits per heavy atom. The van der Waals surface area contributed by atoms with Crippen LogP contribution in [0.4, 0.5) is 0 Å². The minimum atomic E-state index is -1.11. The normalized spacial score (nSPS) is 18.6. The van der Waals surface area contributed by atoms with Gasteiger partial charge in [0.05, 0.1) is 13.0 Å². The summed E-state index contributed by atoms with van der Waals surface area (Å²) in [6.07, 6.45) is 4.75. The molecule has 0 aliphatic heterocycles. The van der Waals surface area contributed by atoms with Crippen molar-refractivity contribution >= 4 is 17.8 Å². The highest BCUT2D eigenvalue weighted by Crippen LogP contribution is 2.24. The van der Waals surface area contributed by atoms with E-state index in [2.05, 4.69) is 5.32 Å². The lowest BCUT2D eigenvalue weighted by molar-refractivity contribution is -0.147. The largest absolute Gasteiger partial charge is 0.480 e. The van der Waals surface area contributed by atoms with E-state index in [0.717, 1.165) is 32.1 Å². The Labute approximate surface area is 125 Å². The molecule has 1 fully saturated rings. The van der Waals surface area contributed by atoms with Gasteiger partial charge in [-0.25, -0.2) is 4.79 Å². The molecule has 1 aliphatic carbocycles. The molecule has 1 saturated carbocycles. The highest BCUT2D eigenvalue weighted by molar-refractivity contribution is 5.85. The lowest BCUT2D eigenvalue weighted by atomic mass is 9.88. The summed E-state index contributed by atoms with van der Waals surface area (Å²) in [5.41, 5.74) is 0. The van der Waals surface area contributed by atoms with Crippen LogP contribution in [0.5, 0.6) is 0 Å². The Balaban J connectivity index is 2.57. The number of hydrogen-bond donors (Lipinski definition) is 2. The molecule has 120 valence electrons. The van der Waals surface area contributed by atoms with E-state index in [1.807, 2.05) is 0 Å². The molecule has 6 nitrogen and oxygen atoms in total. The van der Waals surface area contributed by atoms with Crippen molar-refractivity contribution in [3.8, 4) is 0 Å². The SMILES string of the molecule is CCOC(=O)C[C@H](C)[C@H](NC(=O)C1CCCCC1)C(=O)O. The lowest BCUT2D eigenvalue weighted by Crippen LogP contribution is -2.48. The van der Waals surface area contributed by atoms with Crippen LogP contribution in [-0.2, 0) is 19.1 Å². The van der Waals surface area contributed by atoms with E-state index in [4.69, 9.17) is 4.74 Å². The van der Waals surface area contributed by atoms with Crippen LogP contribution in [0.25, 0.3) is 0 Å². The molecule has 0 radical (unpaired) electrons. The first-order valence-electron chi connectivity index (χ1n) is 7.64. The van der Waals surface area contributed by atoms with E-state index in [9.17, 15) is 19.5 Å². The number of ether oxygens (including phenoxy) is 1. The van der Waals surface area contributed by atoms with E-state index < -0.39 is 23.9 Å². The summed E-state index contributed by atoms with van der Waals surface area (Å²) >= 11 is 0. The Morgan fingerprint density at radius 2 is 1.86 bits per heavy atom. The van der Waals surface area contributed by atoms with Crippen molar-refractivity contribution in [2.24, 2.45) is 11.8 Å².